The lowest BCUT2D eigenvalue weighted by Gasteiger charge is -2.48. The molecular weight excluding hydrogens is 315 g/mol. The first-order valence-electron chi connectivity index (χ1n) is 8.15. The number of nitrogens with zero attached hydrogens (tertiary/aromatic N) is 1. The summed E-state index contributed by atoms with van der Waals surface area (Å²) in [7, 11) is 0. The Balaban J connectivity index is 1.69. The molecule has 0 radical (unpaired) electrons. The van der Waals surface area contributed by atoms with Crippen molar-refractivity contribution < 1.29 is 13.9 Å². The van der Waals surface area contributed by atoms with Crippen molar-refractivity contribution in [1.82, 2.24) is 10.2 Å². The lowest BCUT2D eigenvalue weighted by molar-refractivity contribution is -0.0255. The summed E-state index contributed by atoms with van der Waals surface area (Å²) in [6.45, 7) is 3.87. The van der Waals surface area contributed by atoms with E-state index in [-0.39, 0.29) is 17.0 Å². The van der Waals surface area contributed by atoms with Crippen molar-refractivity contribution in [3.63, 3.8) is 0 Å². The summed E-state index contributed by atoms with van der Waals surface area (Å²) < 4.78 is 19.2. The van der Waals surface area contributed by atoms with Crippen LogP contribution in [0.2, 0.25) is 0 Å². The normalized spacial score (nSPS) is 21.8. The number of nitrogens with one attached hydrogen (secondary N) is 1. The number of ether oxygens (including phenoxy) is 1. The van der Waals surface area contributed by atoms with Crippen LogP contribution in [0, 0.1) is 5.82 Å². The molecule has 0 aliphatic carbocycles. The fraction of sp³-hybridized carbons (Fsp3) is 0.588. The summed E-state index contributed by atoms with van der Waals surface area (Å²) >= 11 is 1.96. The maximum Gasteiger partial charge on any atom is 0.254 e. The Morgan fingerprint density at radius 1 is 1.26 bits per heavy atom. The van der Waals surface area contributed by atoms with Gasteiger partial charge in [0.2, 0.25) is 0 Å². The van der Waals surface area contributed by atoms with Crippen molar-refractivity contribution in [3.8, 4) is 0 Å². The van der Waals surface area contributed by atoms with Gasteiger partial charge in [-0.05, 0) is 36.5 Å². The van der Waals surface area contributed by atoms with Crippen LogP contribution in [0.15, 0.2) is 24.3 Å². The van der Waals surface area contributed by atoms with Crippen molar-refractivity contribution in [2.24, 2.45) is 0 Å². The summed E-state index contributed by atoms with van der Waals surface area (Å²) in [5.74, 6) is 1.42. The third-order valence-corrected chi connectivity index (χ3v) is 5.79. The van der Waals surface area contributed by atoms with E-state index in [1.54, 1.807) is 12.1 Å². The molecule has 2 saturated heterocycles. The molecule has 3 rings (SSSR count). The maximum atomic E-state index is 13.8. The standard InChI is InChI=1S/C17H23FN2O2S/c18-15-4-2-1-3-14(15)16(21)19-13-17(5-11-23-12-6-17)20-7-9-22-10-8-20/h1-4H,5-13H2,(H,19,21). The first-order chi connectivity index (χ1) is 11.2. The van der Waals surface area contributed by atoms with E-state index in [9.17, 15) is 9.18 Å². The van der Waals surface area contributed by atoms with Crippen LogP contribution in [0.3, 0.4) is 0 Å². The van der Waals surface area contributed by atoms with Gasteiger partial charge in [0.25, 0.3) is 5.91 Å². The number of carbonyl (C=O) groups is 1. The number of halogens is 1. The molecule has 4 nitrogen and oxygen atoms in total. The van der Waals surface area contributed by atoms with Crippen LogP contribution in [0.25, 0.3) is 0 Å². The summed E-state index contributed by atoms with van der Waals surface area (Å²) in [6.07, 6.45) is 2.10. The lowest BCUT2D eigenvalue weighted by Crippen LogP contribution is -2.60. The maximum absolute atomic E-state index is 13.8. The second-order valence-corrected chi connectivity index (χ2v) is 7.32. The molecule has 0 aromatic heterocycles. The highest BCUT2D eigenvalue weighted by atomic mass is 32.2. The molecule has 2 heterocycles. The van der Waals surface area contributed by atoms with Crippen molar-refractivity contribution in [2.45, 2.75) is 18.4 Å². The molecule has 2 aliphatic rings. The Kier molecular flexibility index (Phi) is 5.56. The number of rotatable bonds is 4. The molecule has 2 aliphatic heterocycles. The Morgan fingerprint density at radius 2 is 1.96 bits per heavy atom. The number of amides is 1. The summed E-state index contributed by atoms with van der Waals surface area (Å²) in [5, 5.41) is 2.98. The monoisotopic (exact) mass is 338 g/mol. The van der Waals surface area contributed by atoms with Gasteiger partial charge in [0.1, 0.15) is 5.82 Å². The molecule has 1 aromatic rings. The van der Waals surface area contributed by atoms with Gasteiger partial charge in [-0.25, -0.2) is 4.39 Å². The lowest BCUT2D eigenvalue weighted by atomic mass is 9.89. The molecule has 126 valence electrons. The fourth-order valence-electron chi connectivity index (χ4n) is 3.38. The Bertz CT molecular complexity index is 543. The number of hydrogen-bond donors (Lipinski definition) is 1. The van der Waals surface area contributed by atoms with E-state index in [0.29, 0.717) is 6.54 Å². The van der Waals surface area contributed by atoms with Crippen LogP contribution in [0.1, 0.15) is 23.2 Å². The van der Waals surface area contributed by atoms with Gasteiger partial charge in [-0.2, -0.15) is 11.8 Å². The predicted molar refractivity (Wildman–Crippen MR) is 90.4 cm³/mol. The van der Waals surface area contributed by atoms with Gasteiger partial charge in [-0.3, -0.25) is 9.69 Å². The number of thioether (sulfide) groups is 1. The third-order valence-electron chi connectivity index (χ3n) is 4.80. The average molecular weight is 338 g/mol. The van der Waals surface area contributed by atoms with E-state index in [4.69, 9.17) is 4.74 Å². The van der Waals surface area contributed by atoms with Crippen molar-refractivity contribution >= 4 is 17.7 Å². The van der Waals surface area contributed by atoms with Gasteiger partial charge in [0, 0.05) is 25.2 Å². The molecule has 1 aromatic carbocycles. The fourth-order valence-corrected chi connectivity index (χ4v) is 4.63. The first kappa shape index (κ1) is 16.7. The zero-order valence-corrected chi connectivity index (χ0v) is 14.0. The Hall–Kier alpha value is -1.11. The molecule has 6 heteroatoms. The minimum Gasteiger partial charge on any atom is -0.379 e. The molecule has 1 amide bonds. The van der Waals surface area contributed by atoms with Gasteiger partial charge in [0.05, 0.1) is 18.8 Å². The van der Waals surface area contributed by atoms with Crippen LogP contribution in [-0.4, -0.2) is 60.7 Å². The molecule has 0 atom stereocenters. The zero-order valence-electron chi connectivity index (χ0n) is 13.2. The topological polar surface area (TPSA) is 41.6 Å². The third kappa shape index (κ3) is 3.87. The number of benzene rings is 1. The number of hydrogen-bond acceptors (Lipinski definition) is 4. The molecule has 0 saturated carbocycles. The average Bonchev–Trinajstić information content (AvgIpc) is 2.62. The van der Waals surface area contributed by atoms with E-state index in [1.807, 2.05) is 11.8 Å². The second-order valence-electron chi connectivity index (χ2n) is 6.10. The minimum atomic E-state index is -0.468. The van der Waals surface area contributed by atoms with Crippen molar-refractivity contribution in [1.29, 1.82) is 0 Å². The number of carbonyl (C=O) groups excluding carboxylic acids is 1. The summed E-state index contributed by atoms with van der Waals surface area (Å²) in [5.41, 5.74) is 0.102. The molecule has 2 fully saturated rings. The SMILES string of the molecule is O=C(NCC1(N2CCOCC2)CCSCC1)c1ccccc1F. The minimum absolute atomic E-state index is 0.0179. The predicted octanol–water partition coefficient (Wildman–Crippen LogP) is 2.15. The highest BCUT2D eigenvalue weighted by Crippen LogP contribution is 2.32. The molecule has 23 heavy (non-hydrogen) atoms. The highest BCUT2D eigenvalue weighted by Gasteiger charge is 2.39. The summed E-state index contributed by atoms with van der Waals surface area (Å²) in [6, 6.07) is 6.14. The highest BCUT2D eigenvalue weighted by molar-refractivity contribution is 7.99. The van der Waals surface area contributed by atoms with Gasteiger partial charge >= 0.3 is 0 Å². The van der Waals surface area contributed by atoms with Gasteiger partial charge < -0.3 is 10.1 Å². The number of morpholine rings is 1. The zero-order chi connectivity index (χ0) is 16.1. The van der Waals surface area contributed by atoms with Gasteiger partial charge in [-0.15, -0.1) is 0 Å². The Morgan fingerprint density at radius 3 is 2.65 bits per heavy atom. The van der Waals surface area contributed by atoms with Crippen molar-refractivity contribution in [3.05, 3.63) is 35.6 Å². The van der Waals surface area contributed by atoms with E-state index < -0.39 is 5.82 Å². The van der Waals surface area contributed by atoms with Crippen molar-refractivity contribution in [2.75, 3.05) is 44.4 Å². The van der Waals surface area contributed by atoms with E-state index in [1.165, 1.54) is 12.1 Å². The van der Waals surface area contributed by atoms with Gasteiger partial charge in [0.15, 0.2) is 0 Å². The van der Waals surface area contributed by atoms with Crippen LogP contribution >= 0.6 is 11.8 Å². The molecular formula is C17H23FN2O2S. The smallest absolute Gasteiger partial charge is 0.254 e. The largest absolute Gasteiger partial charge is 0.379 e. The van der Waals surface area contributed by atoms with Gasteiger partial charge in [-0.1, -0.05) is 12.1 Å². The molecule has 1 N–H and O–H groups in total. The van der Waals surface area contributed by atoms with E-state index >= 15 is 0 Å². The molecule has 0 spiro atoms. The molecule has 0 unspecified atom stereocenters. The quantitative estimate of drug-likeness (QED) is 0.913. The summed E-state index contributed by atoms with van der Waals surface area (Å²) in [4.78, 5) is 14.8. The van der Waals surface area contributed by atoms with Crippen LogP contribution in [0.5, 0.6) is 0 Å². The molecule has 0 bridgehead atoms. The van der Waals surface area contributed by atoms with Crippen LogP contribution < -0.4 is 5.32 Å². The van der Waals surface area contributed by atoms with E-state index in [0.717, 1.165) is 50.7 Å². The first-order valence-corrected chi connectivity index (χ1v) is 9.30. The van der Waals surface area contributed by atoms with E-state index in [2.05, 4.69) is 10.2 Å². The van der Waals surface area contributed by atoms with Crippen LogP contribution in [-0.2, 0) is 4.74 Å². The van der Waals surface area contributed by atoms with Crippen LogP contribution in [0.4, 0.5) is 4.39 Å². The Labute approximate surface area is 140 Å². The second kappa shape index (κ2) is 7.64.